The molecule has 2 N–H and O–H groups in total. The van der Waals surface area contributed by atoms with E-state index in [0.29, 0.717) is 17.9 Å². The Balaban J connectivity index is 1.57. The second-order valence-corrected chi connectivity index (χ2v) is 5.98. The minimum Gasteiger partial charge on any atom is -0.354 e. The van der Waals surface area contributed by atoms with Gasteiger partial charge in [-0.15, -0.1) is 0 Å². The third-order valence-corrected chi connectivity index (χ3v) is 4.14. The number of nitrogens with one attached hydrogen (secondary N) is 2. The van der Waals surface area contributed by atoms with Crippen molar-refractivity contribution in [2.45, 2.75) is 19.4 Å². The lowest BCUT2D eigenvalue weighted by Gasteiger charge is -2.18. The van der Waals surface area contributed by atoms with E-state index in [-0.39, 0.29) is 17.9 Å². The lowest BCUT2D eigenvalue weighted by Crippen LogP contribution is -2.39. The molecule has 1 aromatic heterocycles. The number of urea groups is 1. The highest BCUT2D eigenvalue weighted by atomic mass is 19.1. The molecular formula is C18H18FN5O. The molecule has 1 aliphatic heterocycles. The summed E-state index contributed by atoms with van der Waals surface area (Å²) in [6.45, 7) is 3.23. The molecule has 1 aromatic carbocycles. The fourth-order valence-corrected chi connectivity index (χ4v) is 2.78. The molecule has 0 aliphatic carbocycles. The molecule has 6 nitrogen and oxygen atoms in total. The first-order valence-corrected chi connectivity index (χ1v) is 8.01. The van der Waals surface area contributed by atoms with Crippen molar-refractivity contribution in [2.75, 3.05) is 23.3 Å². The van der Waals surface area contributed by atoms with Gasteiger partial charge in [0.1, 0.15) is 23.4 Å². The highest BCUT2D eigenvalue weighted by Gasteiger charge is 2.25. The van der Waals surface area contributed by atoms with Crippen LogP contribution in [0.3, 0.4) is 0 Å². The quantitative estimate of drug-likeness (QED) is 0.901. The lowest BCUT2D eigenvalue weighted by atomic mass is 10.2. The number of aromatic nitrogens is 1. The zero-order valence-corrected chi connectivity index (χ0v) is 13.8. The van der Waals surface area contributed by atoms with Gasteiger partial charge in [0.15, 0.2) is 0 Å². The first kappa shape index (κ1) is 16.7. The number of hydrogen-bond acceptors (Lipinski definition) is 4. The Kier molecular flexibility index (Phi) is 4.80. The number of benzene rings is 1. The second kappa shape index (κ2) is 7.18. The smallest absolute Gasteiger partial charge is 0.319 e. The number of carbonyl (C=O) groups excluding carboxylic acids is 1. The maximum atomic E-state index is 12.9. The Morgan fingerprint density at radius 3 is 2.80 bits per heavy atom. The van der Waals surface area contributed by atoms with Gasteiger partial charge >= 0.3 is 6.03 Å². The highest BCUT2D eigenvalue weighted by Crippen LogP contribution is 2.20. The first-order chi connectivity index (χ1) is 12.0. The number of halogens is 1. The van der Waals surface area contributed by atoms with Gasteiger partial charge in [-0.3, -0.25) is 0 Å². The standard InChI is InChI=1S/C18H18FN5O/c1-12-2-7-17(23-16(12)10-20)24-9-8-15(11-24)22-18(25)21-14-5-3-13(19)4-6-14/h2-7,15H,8-9,11H2,1H3,(H2,21,22,25). The highest BCUT2D eigenvalue weighted by molar-refractivity contribution is 5.89. The second-order valence-electron chi connectivity index (χ2n) is 5.98. The molecule has 2 heterocycles. The average molecular weight is 339 g/mol. The van der Waals surface area contributed by atoms with E-state index in [4.69, 9.17) is 5.26 Å². The zero-order valence-electron chi connectivity index (χ0n) is 13.8. The summed E-state index contributed by atoms with van der Waals surface area (Å²) in [5.41, 5.74) is 1.80. The van der Waals surface area contributed by atoms with E-state index < -0.39 is 0 Å². The van der Waals surface area contributed by atoms with Crippen molar-refractivity contribution >= 4 is 17.5 Å². The largest absolute Gasteiger partial charge is 0.354 e. The minimum atomic E-state index is -0.347. The van der Waals surface area contributed by atoms with Crippen molar-refractivity contribution in [1.29, 1.82) is 5.26 Å². The number of carbonyl (C=O) groups is 1. The minimum absolute atomic E-state index is 0.0194. The van der Waals surface area contributed by atoms with Crippen LogP contribution in [0.5, 0.6) is 0 Å². The van der Waals surface area contributed by atoms with Gasteiger partial charge in [0.2, 0.25) is 0 Å². The van der Waals surface area contributed by atoms with E-state index in [0.717, 1.165) is 24.3 Å². The van der Waals surface area contributed by atoms with Gasteiger partial charge in [-0.2, -0.15) is 5.26 Å². The van der Waals surface area contributed by atoms with Crippen LogP contribution in [-0.2, 0) is 0 Å². The Labute approximate surface area is 145 Å². The van der Waals surface area contributed by atoms with Crippen molar-refractivity contribution in [3.8, 4) is 6.07 Å². The Morgan fingerprint density at radius 1 is 1.32 bits per heavy atom. The normalized spacial score (nSPS) is 16.4. The molecular weight excluding hydrogens is 321 g/mol. The number of hydrogen-bond donors (Lipinski definition) is 2. The number of nitriles is 1. The third kappa shape index (κ3) is 4.04. The molecule has 0 spiro atoms. The van der Waals surface area contributed by atoms with Crippen molar-refractivity contribution in [3.05, 3.63) is 53.5 Å². The fourth-order valence-electron chi connectivity index (χ4n) is 2.78. The van der Waals surface area contributed by atoms with E-state index in [9.17, 15) is 9.18 Å². The van der Waals surface area contributed by atoms with Crippen LogP contribution in [0.1, 0.15) is 17.7 Å². The van der Waals surface area contributed by atoms with Crippen LogP contribution < -0.4 is 15.5 Å². The number of nitrogens with zero attached hydrogens (tertiary/aromatic N) is 3. The van der Waals surface area contributed by atoms with E-state index in [1.54, 1.807) is 0 Å². The summed E-state index contributed by atoms with van der Waals surface area (Å²) < 4.78 is 12.9. The SMILES string of the molecule is Cc1ccc(N2CCC(NC(=O)Nc3ccc(F)cc3)C2)nc1C#N. The van der Waals surface area contributed by atoms with Gasteiger partial charge in [-0.25, -0.2) is 14.2 Å². The molecule has 128 valence electrons. The van der Waals surface area contributed by atoms with Crippen LogP contribution >= 0.6 is 0 Å². The molecule has 0 saturated carbocycles. The van der Waals surface area contributed by atoms with Crippen molar-refractivity contribution in [2.24, 2.45) is 0 Å². The van der Waals surface area contributed by atoms with E-state index in [1.807, 2.05) is 24.0 Å². The van der Waals surface area contributed by atoms with Gasteiger partial charge in [0, 0.05) is 24.8 Å². The van der Waals surface area contributed by atoms with Crippen LogP contribution in [-0.4, -0.2) is 30.1 Å². The van der Waals surface area contributed by atoms with Crippen LogP contribution in [0.2, 0.25) is 0 Å². The van der Waals surface area contributed by atoms with Crippen LogP contribution in [0.15, 0.2) is 36.4 Å². The van der Waals surface area contributed by atoms with Gasteiger partial charge in [-0.1, -0.05) is 6.07 Å². The molecule has 1 atom stereocenters. The molecule has 1 unspecified atom stereocenters. The predicted octanol–water partition coefficient (Wildman–Crippen LogP) is 2.80. The maximum absolute atomic E-state index is 12.9. The molecule has 1 saturated heterocycles. The zero-order chi connectivity index (χ0) is 17.8. The summed E-state index contributed by atoms with van der Waals surface area (Å²) in [6.07, 6.45) is 0.786. The maximum Gasteiger partial charge on any atom is 0.319 e. The number of anilines is 2. The number of pyridine rings is 1. The van der Waals surface area contributed by atoms with Crippen molar-refractivity contribution < 1.29 is 9.18 Å². The van der Waals surface area contributed by atoms with Gasteiger partial charge in [0.05, 0.1) is 0 Å². The van der Waals surface area contributed by atoms with E-state index in [2.05, 4.69) is 21.7 Å². The molecule has 1 fully saturated rings. The molecule has 2 amide bonds. The lowest BCUT2D eigenvalue weighted by molar-refractivity contribution is 0.249. The molecule has 3 rings (SSSR count). The molecule has 1 aliphatic rings. The number of amides is 2. The summed E-state index contributed by atoms with van der Waals surface area (Å²) in [5, 5.41) is 14.7. The van der Waals surface area contributed by atoms with Crippen LogP contribution in [0.25, 0.3) is 0 Å². The van der Waals surface area contributed by atoms with Crippen LogP contribution in [0.4, 0.5) is 20.7 Å². The van der Waals surface area contributed by atoms with Crippen molar-refractivity contribution in [3.63, 3.8) is 0 Å². The number of rotatable bonds is 3. The number of aryl methyl sites for hydroxylation is 1. The Morgan fingerprint density at radius 2 is 2.08 bits per heavy atom. The topological polar surface area (TPSA) is 81.1 Å². The Hall–Kier alpha value is -3.14. The summed E-state index contributed by atoms with van der Waals surface area (Å²) >= 11 is 0. The van der Waals surface area contributed by atoms with Gasteiger partial charge in [0.25, 0.3) is 0 Å². The van der Waals surface area contributed by atoms with Gasteiger partial charge < -0.3 is 15.5 Å². The predicted molar refractivity (Wildman–Crippen MR) is 92.9 cm³/mol. The van der Waals surface area contributed by atoms with E-state index in [1.165, 1.54) is 24.3 Å². The first-order valence-electron chi connectivity index (χ1n) is 8.01. The summed E-state index contributed by atoms with van der Waals surface area (Å²) in [4.78, 5) is 18.5. The fraction of sp³-hybridized carbons (Fsp3) is 0.278. The summed E-state index contributed by atoms with van der Waals surface area (Å²) in [5.74, 6) is 0.394. The third-order valence-electron chi connectivity index (χ3n) is 4.14. The molecule has 7 heteroatoms. The molecule has 0 radical (unpaired) electrons. The monoisotopic (exact) mass is 339 g/mol. The molecule has 2 aromatic rings. The van der Waals surface area contributed by atoms with Crippen molar-refractivity contribution in [1.82, 2.24) is 10.3 Å². The summed E-state index contributed by atoms with van der Waals surface area (Å²) in [7, 11) is 0. The van der Waals surface area contributed by atoms with E-state index >= 15 is 0 Å². The van der Waals surface area contributed by atoms with Gasteiger partial charge in [-0.05, 0) is 49.2 Å². The molecule has 25 heavy (non-hydrogen) atoms. The van der Waals surface area contributed by atoms with Crippen LogP contribution in [0, 0.1) is 24.1 Å². The molecule has 0 bridgehead atoms. The summed E-state index contributed by atoms with van der Waals surface area (Å²) in [6, 6.07) is 11.1. The average Bonchev–Trinajstić information content (AvgIpc) is 3.05. The Bertz CT molecular complexity index is 815.